The van der Waals surface area contributed by atoms with E-state index in [4.69, 9.17) is 9.90 Å². The summed E-state index contributed by atoms with van der Waals surface area (Å²) in [6.45, 7) is 0. The zero-order valence-electron chi connectivity index (χ0n) is 15.6. The maximum absolute atomic E-state index is 10.6. The van der Waals surface area contributed by atoms with Crippen molar-refractivity contribution in [3.05, 3.63) is 96.4 Å². The normalized spacial score (nSPS) is 10.8. The number of benzene rings is 3. The molecule has 6 heteroatoms. The molecular weight excluding hydrogens is 409 g/mol. The first-order valence-electron chi connectivity index (χ1n) is 8.95. The third kappa shape index (κ3) is 5.36. The molecule has 2 nitrogen and oxygen atoms in total. The van der Waals surface area contributed by atoms with Crippen LogP contribution in [-0.2, 0) is 4.79 Å². The van der Waals surface area contributed by atoms with E-state index in [1.165, 1.54) is 32.7 Å². The monoisotopic (exact) mass is 426 g/mol. The summed E-state index contributed by atoms with van der Waals surface area (Å²) in [4.78, 5) is 10.2. The van der Waals surface area contributed by atoms with Crippen molar-refractivity contribution >= 4 is 17.3 Å². The summed E-state index contributed by atoms with van der Waals surface area (Å²) in [7, 11) is 0. The smallest absolute Gasteiger partial charge is 0.475 e. The molecule has 4 rings (SSSR count). The summed E-state index contributed by atoms with van der Waals surface area (Å²) in [5.41, 5.74) is 6.40. The molecule has 1 aromatic heterocycles. The van der Waals surface area contributed by atoms with Gasteiger partial charge in [-0.1, -0.05) is 84.9 Å². The van der Waals surface area contributed by atoms with E-state index in [1.54, 1.807) is 11.3 Å². The van der Waals surface area contributed by atoms with E-state index in [0.29, 0.717) is 0 Å². The molecule has 0 fully saturated rings. The van der Waals surface area contributed by atoms with Crippen molar-refractivity contribution in [2.75, 3.05) is 0 Å². The van der Waals surface area contributed by atoms with Crippen LogP contribution in [-0.4, -0.2) is 17.3 Å². The van der Waals surface area contributed by atoms with Crippen LogP contribution in [0, 0.1) is 0 Å². The van der Waals surface area contributed by atoms with Gasteiger partial charge < -0.3 is 5.11 Å². The van der Waals surface area contributed by atoms with Gasteiger partial charge in [0.2, 0.25) is 0 Å². The van der Waals surface area contributed by atoms with Gasteiger partial charge in [-0.25, -0.2) is 4.79 Å². The van der Waals surface area contributed by atoms with Crippen molar-refractivity contribution < 1.29 is 23.1 Å². The van der Waals surface area contributed by atoms with Crippen LogP contribution in [0.4, 0.5) is 13.2 Å². The fourth-order valence-electron chi connectivity index (χ4n) is 2.83. The van der Waals surface area contributed by atoms with Crippen LogP contribution in [0.3, 0.4) is 0 Å². The molecule has 1 N–H and O–H groups in total. The number of carboxylic acids is 1. The maximum atomic E-state index is 10.6. The molecule has 30 heavy (non-hydrogen) atoms. The molecule has 4 aromatic rings. The standard InChI is InChI=1S/C22H16S.C2HF3O2/c1-3-9-17(10-4-1)19-15-22(23-16-19)21-14-8-7-13-20(21)18-11-5-2-6-12-18;3-2(4,5)1(6)7/h1-16H;(H,6,7). The summed E-state index contributed by atoms with van der Waals surface area (Å²) in [6.07, 6.45) is -5.08. The van der Waals surface area contributed by atoms with Gasteiger partial charge in [0, 0.05) is 4.88 Å². The van der Waals surface area contributed by atoms with Crippen molar-refractivity contribution in [2.45, 2.75) is 6.18 Å². The minimum atomic E-state index is -5.08. The van der Waals surface area contributed by atoms with Crippen molar-refractivity contribution in [3.8, 4) is 32.7 Å². The highest BCUT2D eigenvalue weighted by atomic mass is 32.1. The molecule has 0 atom stereocenters. The molecule has 0 saturated heterocycles. The highest BCUT2D eigenvalue weighted by Gasteiger charge is 2.38. The zero-order chi connectivity index (χ0) is 21.6. The Balaban J connectivity index is 0.000000318. The summed E-state index contributed by atoms with van der Waals surface area (Å²) in [5.74, 6) is -2.76. The first kappa shape index (κ1) is 21.3. The zero-order valence-corrected chi connectivity index (χ0v) is 16.5. The number of halogens is 3. The molecule has 0 bridgehead atoms. The minimum absolute atomic E-state index is 1.26. The van der Waals surface area contributed by atoms with E-state index in [9.17, 15) is 13.2 Å². The number of hydrogen-bond acceptors (Lipinski definition) is 2. The molecular formula is C24H17F3O2S. The SMILES string of the molecule is O=C(O)C(F)(F)F.c1ccc(-c2csc(-c3ccccc3-c3ccccc3)c2)cc1. The van der Waals surface area contributed by atoms with Gasteiger partial charge in [0.15, 0.2) is 0 Å². The van der Waals surface area contributed by atoms with Crippen LogP contribution in [0.5, 0.6) is 0 Å². The highest BCUT2D eigenvalue weighted by Crippen LogP contribution is 2.37. The first-order chi connectivity index (χ1) is 14.4. The van der Waals surface area contributed by atoms with Gasteiger partial charge in [0.1, 0.15) is 0 Å². The average Bonchev–Trinajstić information content (AvgIpc) is 3.25. The molecule has 0 aliphatic heterocycles. The van der Waals surface area contributed by atoms with E-state index >= 15 is 0 Å². The van der Waals surface area contributed by atoms with Gasteiger partial charge >= 0.3 is 12.1 Å². The Morgan fingerprint density at radius 1 is 0.700 bits per heavy atom. The Bertz CT molecular complexity index is 1100. The van der Waals surface area contributed by atoms with E-state index in [-0.39, 0.29) is 0 Å². The average molecular weight is 426 g/mol. The second-order valence-electron chi connectivity index (χ2n) is 6.28. The second kappa shape index (κ2) is 9.41. The molecule has 0 aliphatic rings. The molecule has 0 saturated carbocycles. The van der Waals surface area contributed by atoms with Crippen LogP contribution in [0.1, 0.15) is 0 Å². The Labute approximate surface area is 175 Å². The topological polar surface area (TPSA) is 37.3 Å². The van der Waals surface area contributed by atoms with E-state index in [1.807, 2.05) is 0 Å². The molecule has 0 radical (unpaired) electrons. The lowest BCUT2D eigenvalue weighted by atomic mass is 9.98. The van der Waals surface area contributed by atoms with Crippen LogP contribution in [0.2, 0.25) is 0 Å². The Kier molecular flexibility index (Phi) is 6.69. The summed E-state index contributed by atoms with van der Waals surface area (Å²) < 4.78 is 31.7. The summed E-state index contributed by atoms with van der Waals surface area (Å²) in [5, 5.41) is 9.37. The lowest BCUT2D eigenvalue weighted by molar-refractivity contribution is -0.192. The number of alkyl halides is 3. The first-order valence-corrected chi connectivity index (χ1v) is 9.83. The van der Waals surface area contributed by atoms with Gasteiger partial charge in [0.05, 0.1) is 0 Å². The van der Waals surface area contributed by atoms with Crippen LogP contribution >= 0.6 is 11.3 Å². The Hall–Kier alpha value is -3.38. The number of carbonyl (C=O) groups is 1. The third-order valence-electron chi connectivity index (χ3n) is 4.23. The fraction of sp³-hybridized carbons (Fsp3) is 0.0417. The molecule has 1 heterocycles. The molecule has 0 aliphatic carbocycles. The maximum Gasteiger partial charge on any atom is 0.490 e. The quantitative estimate of drug-likeness (QED) is 0.371. The summed E-state index contributed by atoms with van der Waals surface area (Å²) >= 11 is 1.81. The highest BCUT2D eigenvalue weighted by molar-refractivity contribution is 7.14. The fourth-order valence-corrected chi connectivity index (χ4v) is 3.78. The molecule has 0 spiro atoms. The summed E-state index contributed by atoms with van der Waals surface area (Å²) in [6, 6.07) is 32.1. The largest absolute Gasteiger partial charge is 0.490 e. The van der Waals surface area contributed by atoms with Crippen molar-refractivity contribution in [1.82, 2.24) is 0 Å². The van der Waals surface area contributed by atoms with Gasteiger partial charge in [-0.15, -0.1) is 11.3 Å². The number of aliphatic carboxylic acids is 1. The second-order valence-corrected chi connectivity index (χ2v) is 7.19. The molecule has 152 valence electrons. The van der Waals surface area contributed by atoms with E-state index in [2.05, 4.69) is 96.4 Å². The van der Waals surface area contributed by atoms with Crippen molar-refractivity contribution in [3.63, 3.8) is 0 Å². The van der Waals surface area contributed by atoms with Gasteiger partial charge in [0.25, 0.3) is 0 Å². The van der Waals surface area contributed by atoms with Gasteiger partial charge in [-0.2, -0.15) is 13.2 Å². The molecule has 0 amide bonds. The van der Waals surface area contributed by atoms with Crippen molar-refractivity contribution in [2.24, 2.45) is 0 Å². The van der Waals surface area contributed by atoms with Gasteiger partial charge in [-0.05, 0) is 39.3 Å². The lowest BCUT2D eigenvalue weighted by Gasteiger charge is -2.08. The lowest BCUT2D eigenvalue weighted by Crippen LogP contribution is -2.21. The minimum Gasteiger partial charge on any atom is -0.475 e. The van der Waals surface area contributed by atoms with E-state index in [0.717, 1.165) is 0 Å². The van der Waals surface area contributed by atoms with E-state index < -0.39 is 12.1 Å². The number of thiophene rings is 1. The Morgan fingerprint density at radius 3 is 1.70 bits per heavy atom. The number of carboxylic acid groups (broad SMARTS) is 1. The predicted octanol–water partition coefficient (Wildman–Crippen LogP) is 7.38. The van der Waals surface area contributed by atoms with Crippen molar-refractivity contribution in [1.29, 1.82) is 0 Å². The molecule has 3 aromatic carbocycles. The van der Waals surface area contributed by atoms with Crippen LogP contribution < -0.4 is 0 Å². The van der Waals surface area contributed by atoms with Gasteiger partial charge in [-0.3, -0.25) is 0 Å². The van der Waals surface area contributed by atoms with Crippen LogP contribution in [0.25, 0.3) is 32.7 Å². The predicted molar refractivity (Wildman–Crippen MR) is 114 cm³/mol. The Morgan fingerprint density at radius 2 is 1.17 bits per heavy atom. The third-order valence-corrected chi connectivity index (χ3v) is 5.19. The number of rotatable bonds is 3. The van der Waals surface area contributed by atoms with Crippen LogP contribution in [0.15, 0.2) is 96.4 Å². The number of hydrogen-bond donors (Lipinski definition) is 1. The molecule has 0 unspecified atom stereocenters.